The predicted octanol–water partition coefficient (Wildman–Crippen LogP) is 0.933. The molecule has 7 heteroatoms. The first-order valence-corrected chi connectivity index (χ1v) is 8.34. The van der Waals surface area contributed by atoms with Crippen LogP contribution in [0.4, 0.5) is 11.5 Å². The molecular formula is C17H27N5O2. The molecule has 1 aliphatic rings. The van der Waals surface area contributed by atoms with Crippen LogP contribution < -0.4 is 15.5 Å². The fraction of sp³-hybridized carbons (Fsp3) is 0.588. The summed E-state index contributed by atoms with van der Waals surface area (Å²) in [7, 11) is 2.11. The van der Waals surface area contributed by atoms with Crippen molar-refractivity contribution in [2.75, 3.05) is 43.4 Å². The van der Waals surface area contributed by atoms with Crippen LogP contribution in [-0.2, 0) is 9.59 Å². The van der Waals surface area contributed by atoms with Crippen LogP contribution >= 0.6 is 0 Å². The van der Waals surface area contributed by atoms with Gasteiger partial charge in [0, 0.05) is 33.1 Å². The Bertz CT molecular complexity index is 565. The summed E-state index contributed by atoms with van der Waals surface area (Å²) in [6.07, 6.45) is 1.66. The molecule has 0 saturated carbocycles. The molecule has 2 amide bonds. The summed E-state index contributed by atoms with van der Waals surface area (Å²) in [5.74, 6) is 0.483. The number of hydrogen-bond acceptors (Lipinski definition) is 5. The van der Waals surface area contributed by atoms with Crippen molar-refractivity contribution in [3.05, 3.63) is 18.3 Å². The molecule has 1 unspecified atom stereocenters. The van der Waals surface area contributed by atoms with Crippen molar-refractivity contribution < 1.29 is 9.59 Å². The third kappa shape index (κ3) is 4.92. The Labute approximate surface area is 143 Å². The van der Waals surface area contributed by atoms with E-state index in [0.717, 1.165) is 32.0 Å². The van der Waals surface area contributed by atoms with Gasteiger partial charge in [-0.1, -0.05) is 13.8 Å². The van der Waals surface area contributed by atoms with Gasteiger partial charge in [0.05, 0.1) is 11.9 Å². The lowest BCUT2D eigenvalue weighted by atomic mass is 10.0. The Morgan fingerprint density at radius 1 is 1.17 bits per heavy atom. The molecule has 1 aromatic rings. The molecule has 2 heterocycles. The summed E-state index contributed by atoms with van der Waals surface area (Å²) in [4.78, 5) is 32.6. The topological polar surface area (TPSA) is 77.6 Å². The maximum absolute atomic E-state index is 12.3. The molecule has 2 rings (SSSR count). The first-order chi connectivity index (χ1) is 11.4. The molecule has 1 atom stereocenters. The van der Waals surface area contributed by atoms with Gasteiger partial charge in [-0.15, -0.1) is 0 Å². The summed E-state index contributed by atoms with van der Waals surface area (Å²) in [6, 6.07) is 3.22. The number of hydrogen-bond donors (Lipinski definition) is 2. The van der Waals surface area contributed by atoms with Crippen LogP contribution in [0.1, 0.15) is 20.8 Å². The maximum atomic E-state index is 12.3. The number of nitrogens with one attached hydrogen (secondary N) is 2. The van der Waals surface area contributed by atoms with Crippen molar-refractivity contribution in [2.45, 2.75) is 26.8 Å². The number of rotatable bonds is 5. The SMILES string of the molecule is CC(=O)NC(C(=O)Nc1ccc(N2CCN(C)CC2)nc1)C(C)C. The van der Waals surface area contributed by atoms with Gasteiger partial charge in [-0.3, -0.25) is 9.59 Å². The average molecular weight is 333 g/mol. The second-order valence-corrected chi connectivity index (χ2v) is 6.61. The number of anilines is 2. The highest BCUT2D eigenvalue weighted by atomic mass is 16.2. The molecule has 0 radical (unpaired) electrons. The van der Waals surface area contributed by atoms with E-state index in [0.29, 0.717) is 5.69 Å². The number of nitrogens with zero attached hydrogens (tertiary/aromatic N) is 3. The van der Waals surface area contributed by atoms with E-state index in [9.17, 15) is 9.59 Å². The number of piperazine rings is 1. The molecule has 7 nitrogen and oxygen atoms in total. The van der Waals surface area contributed by atoms with Gasteiger partial charge >= 0.3 is 0 Å². The fourth-order valence-corrected chi connectivity index (χ4v) is 2.66. The number of carbonyl (C=O) groups excluding carboxylic acids is 2. The molecule has 1 saturated heterocycles. The lowest BCUT2D eigenvalue weighted by Gasteiger charge is -2.33. The van der Waals surface area contributed by atoms with E-state index < -0.39 is 6.04 Å². The predicted molar refractivity (Wildman–Crippen MR) is 95.0 cm³/mol. The van der Waals surface area contributed by atoms with E-state index in [4.69, 9.17) is 0 Å². The van der Waals surface area contributed by atoms with Crippen LogP contribution in [0.25, 0.3) is 0 Å². The molecular weight excluding hydrogens is 306 g/mol. The summed E-state index contributed by atoms with van der Waals surface area (Å²) in [5.41, 5.74) is 0.633. The molecule has 1 aromatic heterocycles. The number of aromatic nitrogens is 1. The minimum Gasteiger partial charge on any atom is -0.354 e. The van der Waals surface area contributed by atoms with Gasteiger partial charge in [-0.05, 0) is 25.1 Å². The molecule has 132 valence electrons. The molecule has 0 spiro atoms. The van der Waals surface area contributed by atoms with Gasteiger partial charge < -0.3 is 20.4 Å². The molecule has 24 heavy (non-hydrogen) atoms. The van der Waals surface area contributed by atoms with Crippen molar-refractivity contribution in [1.82, 2.24) is 15.2 Å². The molecule has 0 bridgehead atoms. The normalized spacial score (nSPS) is 16.8. The first kappa shape index (κ1) is 18.2. The van der Waals surface area contributed by atoms with Crippen molar-refractivity contribution in [1.29, 1.82) is 0 Å². The van der Waals surface area contributed by atoms with Gasteiger partial charge in [0.1, 0.15) is 11.9 Å². The first-order valence-electron chi connectivity index (χ1n) is 8.34. The van der Waals surface area contributed by atoms with Gasteiger partial charge in [-0.25, -0.2) is 4.98 Å². The quantitative estimate of drug-likeness (QED) is 0.838. The van der Waals surface area contributed by atoms with Crippen molar-refractivity contribution in [2.24, 2.45) is 5.92 Å². The second-order valence-electron chi connectivity index (χ2n) is 6.61. The highest BCUT2D eigenvalue weighted by Gasteiger charge is 2.23. The van der Waals surface area contributed by atoms with Crippen molar-refractivity contribution in [3.63, 3.8) is 0 Å². The fourth-order valence-electron chi connectivity index (χ4n) is 2.66. The third-order valence-electron chi connectivity index (χ3n) is 4.15. The molecule has 1 aliphatic heterocycles. The zero-order chi connectivity index (χ0) is 17.7. The summed E-state index contributed by atoms with van der Waals surface area (Å²) in [6.45, 7) is 9.15. The van der Waals surface area contributed by atoms with E-state index in [2.05, 4.69) is 32.5 Å². The monoisotopic (exact) mass is 333 g/mol. The largest absolute Gasteiger partial charge is 0.354 e. The smallest absolute Gasteiger partial charge is 0.247 e. The number of carbonyl (C=O) groups is 2. The van der Waals surface area contributed by atoms with Crippen LogP contribution in [-0.4, -0.2) is 61.0 Å². The Kier molecular flexibility index (Phi) is 6.14. The van der Waals surface area contributed by atoms with Gasteiger partial charge in [0.2, 0.25) is 11.8 Å². The standard InChI is InChI=1S/C17H27N5O2/c1-12(2)16(19-13(3)23)17(24)20-14-5-6-15(18-11-14)22-9-7-21(4)8-10-22/h5-6,11-12,16H,7-10H2,1-4H3,(H,19,23)(H,20,24). The lowest BCUT2D eigenvalue weighted by Crippen LogP contribution is -2.46. The van der Waals surface area contributed by atoms with Gasteiger partial charge in [0.25, 0.3) is 0 Å². The van der Waals surface area contributed by atoms with Crippen LogP contribution in [0.2, 0.25) is 0 Å². The van der Waals surface area contributed by atoms with Crippen LogP contribution in [0.3, 0.4) is 0 Å². The maximum Gasteiger partial charge on any atom is 0.247 e. The molecule has 1 fully saturated rings. The van der Waals surface area contributed by atoms with E-state index in [1.54, 1.807) is 6.20 Å². The Morgan fingerprint density at radius 3 is 2.33 bits per heavy atom. The van der Waals surface area contributed by atoms with E-state index >= 15 is 0 Å². The molecule has 2 N–H and O–H groups in total. The van der Waals surface area contributed by atoms with Crippen LogP contribution in [0, 0.1) is 5.92 Å². The van der Waals surface area contributed by atoms with Gasteiger partial charge in [-0.2, -0.15) is 0 Å². The van der Waals surface area contributed by atoms with Crippen LogP contribution in [0.15, 0.2) is 18.3 Å². The number of pyridine rings is 1. The summed E-state index contributed by atoms with van der Waals surface area (Å²) >= 11 is 0. The highest BCUT2D eigenvalue weighted by Crippen LogP contribution is 2.16. The van der Waals surface area contributed by atoms with E-state index in [1.165, 1.54) is 6.92 Å². The molecule has 0 aliphatic carbocycles. The summed E-state index contributed by atoms with van der Waals surface area (Å²) < 4.78 is 0. The van der Waals surface area contributed by atoms with E-state index in [-0.39, 0.29) is 17.7 Å². The minimum absolute atomic E-state index is 0.00599. The Hall–Kier alpha value is -2.15. The highest BCUT2D eigenvalue weighted by molar-refractivity contribution is 5.97. The number of likely N-dealkylation sites (N-methyl/N-ethyl adjacent to an activating group) is 1. The zero-order valence-corrected chi connectivity index (χ0v) is 14.9. The van der Waals surface area contributed by atoms with Crippen molar-refractivity contribution in [3.8, 4) is 0 Å². The minimum atomic E-state index is -0.556. The average Bonchev–Trinajstić information content (AvgIpc) is 2.53. The Morgan fingerprint density at radius 2 is 1.83 bits per heavy atom. The second kappa shape index (κ2) is 8.10. The number of amides is 2. The zero-order valence-electron chi connectivity index (χ0n) is 14.9. The third-order valence-corrected chi connectivity index (χ3v) is 4.15. The van der Waals surface area contributed by atoms with Crippen molar-refractivity contribution >= 4 is 23.3 Å². The molecule has 0 aromatic carbocycles. The van der Waals surface area contributed by atoms with Crippen LogP contribution in [0.5, 0.6) is 0 Å². The van der Waals surface area contributed by atoms with Gasteiger partial charge in [0.15, 0.2) is 0 Å². The van der Waals surface area contributed by atoms with E-state index in [1.807, 2.05) is 26.0 Å². The summed E-state index contributed by atoms with van der Waals surface area (Å²) in [5, 5.41) is 5.51. The Balaban J connectivity index is 1.97. The lowest BCUT2D eigenvalue weighted by molar-refractivity contribution is -0.126.